The van der Waals surface area contributed by atoms with Gasteiger partial charge >= 0.3 is 5.97 Å². The maximum atomic E-state index is 14.6. The van der Waals surface area contributed by atoms with Crippen LogP contribution in [0.25, 0.3) is 0 Å². The summed E-state index contributed by atoms with van der Waals surface area (Å²) >= 11 is 5.44. The molecule has 3 saturated heterocycles. The summed E-state index contributed by atoms with van der Waals surface area (Å²) in [6, 6.07) is -1.08. The number of thioether (sulfide) groups is 1. The van der Waals surface area contributed by atoms with E-state index in [0.717, 1.165) is 44.9 Å². The van der Waals surface area contributed by atoms with Crippen molar-refractivity contribution in [3.8, 4) is 0 Å². The Kier molecular flexibility index (Phi) is 10.1. The third-order valence-corrected chi connectivity index (χ3v) is 12.2. The molecule has 1 saturated carbocycles. The Balaban J connectivity index is 1.68. The lowest BCUT2D eigenvalue weighted by atomic mass is 9.71. The molecule has 0 aromatic heterocycles. The lowest BCUT2D eigenvalue weighted by molar-refractivity contribution is -0.154. The fraction of sp³-hybridized carbons (Fsp3) is 0.759. The number of amides is 2. The van der Waals surface area contributed by atoms with Gasteiger partial charge in [-0.15, -0.1) is 24.9 Å². The summed E-state index contributed by atoms with van der Waals surface area (Å²) in [7, 11) is 0. The van der Waals surface area contributed by atoms with Gasteiger partial charge in [-0.25, -0.2) is 0 Å². The largest absolute Gasteiger partial charge is 0.465 e. The summed E-state index contributed by atoms with van der Waals surface area (Å²) < 4.78 is 4.99. The zero-order valence-electron chi connectivity index (χ0n) is 22.6. The number of halogens is 1. The topological polar surface area (TPSA) is 87.2 Å². The van der Waals surface area contributed by atoms with Crippen molar-refractivity contribution in [3.63, 3.8) is 0 Å². The molecule has 0 radical (unpaired) electrons. The molecule has 9 heteroatoms. The van der Waals surface area contributed by atoms with E-state index in [1.807, 2.05) is 17.9 Å². The van der Waals surface area contributed by atoms with Crippen molar-refractivity contribution < 1.29 is 24.2 Å². The van der Waals surface area contributed by atoms with Crippen LogP contribution in [0.2, 0.25) is 0 Å². The highest BCUT2D eigenvalue weighted by molar-refractivity contribution is 9.09. The van der Waals surface area contributed by atoms with E-state index in [9.17, 15) is 19.5 Å². The Labute approximate surface area is 239 Å². The Hall–Kier alpha value is -1.32. The molecule has 2 bridgehead atoms. The van der Waals surface area contributed by atoms with Crippen LogP contribution in [-0.2, 0) is 19.1 Å². The second-order valence-corrected chi connectivity index (χ2v) is 13.9. The van der Waals surface area contributed by atoms with E-state index in [1.165, 1.54) is 6.42 Å². The first-order valence-electron chi connectivity index (χ1n) is 14.3. The highest BCUT2D eigenvalue weighted by atomic mass is 79.9. The molecule has 4 rings (SSSR count). The maximum absolute atomic E-state index is 14.6. The first-order chi connectivity index (χ1) is 18.4. The molecule has 4 aliphatic rings. The van der Waals surface area contributed by atoms with Gasteiger partial charge in [0, 0.05) is 22.7 Å². The molecule has 3 heterocycles. The van der Waals surface area contributed by atoms with Crippen molar-refractivity contribution in [2.24, 2.45) is 11.8 Å². The first-order valence-corrected chi connectivity index (χ1v) is 16.1. The Bertz CT molecular complexity index is 907. The molecular weight excluding hydrogens is 568 g/mol. The molecule has 3 unspecified atom stereocenters. The Morgan fingerprint density at radius 2 is 2.00 bits per heavy atom. The van der Waals surface area contributed by atoms with Gasteiger partial charge in [0.1, 0.15) is 6.04 Å². The van der Waals surface area contributed by atoms with Crippen LogP contribution in [0.4, 0.5) is 0 Å². The van der Waals surface area contributed by atoms with Crippen LogP contribution in [0.5, 0.6) is 0 Å². The van der Waals surface area contributed by atoms with Crippen LogP contribution in [0, 0.1) is 11.8 Å². The number of fused-ring (bicyclic) bond motifs is 1. The third kappa shape index (κ3) is 5.24. The summed E-state index contributed by atoms with van der Waals surface area (Å²) in [6.07, 6.45) is 12.5. The number of nitrogens with zero attached hydrogens (tertiary/aromatic N) is 2. The minimum atomic E-state index is -0.726. The van der Waals surface area contributed by atoms with Crippen LogP contribution >= 0.6 is 27.7 Å². The molecule has 1 spiro atoms. The number of carbonyl (C=O) groups excluding carboxylic acids is 3. The molecule has 3 aliphatic heterocycles. The van der Waals surface area contributed by atoms with Crippen molar-refractivity contribution in [3.05, 3.63) is 25.3 Å². The van der Waals surface area contributed by atoms with E-state index < -0.39 is 28.7 Å². The molecule has 7 nitrogen and oxygen atoms in total. The molecule has 0 aromatic carbocycles. The molecule has 2 amide bonds. The highest BCUT2D eigenvalue weighted by Crippen LogP contribution is 2.68. The van der Waals surface area contributed by atoms with Gasteiger partial charge in [-0.1, -0.05) is 54.3 Å². The average Bonchev–Trinajstić information content (AvgIpc) is 3.51. The van der Waals surface area contributed by atoms with E-state index >= 15 is 0 Å². The molecule has 4 fully saturated rings. The molecule has 7 atom stereocenters. The number of carbonyl (C=O) groups is 3. The van der Waals surface area contributed by atoms with Crippen molar-refractivity contribution in [2.45, 2.75) is 104 Å². The molecule has 212 valence electrons. The number of rotatable bonds is 13. The van der Waals surface area contributed by atoms with Crippen molar-refractivity contribution in [1.29, 1.82) is 0 Å². The minimum absolute atomic E-state index is 0.00172. The fourth-order valence-electron chi connectivity index (χ4n) is 7.19. The van der Waals surface area contributed by atoms with Crippen molar-refractivity contribution in [2.75, 3.05) is 19.8 Å². The highest BCUT2D eigenvalue weighted by Gasteiger charge is 2.76. The lowest BCUT2D eigenvalue weighted by Gasteiger charge is -2.42. The smallest absolute Gasteiger partial charge is 0.310 e. The summed E-state index contributed by atoms with van der Waals surface area (Å²) in [5.74, 6) is -1.83. The number of esters is 1. The summed E-state index contributed by atoms with van der Waals surface area (Å²) in [6.45, 7) is 10.1. The van der Waals surface area contributed by atoms with Gasteiger partial charge < -0.3 is 19.6 Å². The number of likely N-dealkylation sites (tertiary alicyclic amines) is 1. The minimum Gasteiger partial charge on any atom is -0.465 e. The third-order valence-electron chi connectivity index (χ3n) is 8.98. The second-order valence-electron chi connectivity index (χ2n) is 11.2. The van der Waals surface area contributed by atoms with E-state index in [0.29, 0.717) is 26.0 Å². The van der Waals surface area contributed by atoms with Crippen LogP contribution in [-0.4, -0.2) is 85.4 Å². The van der Waals surface area contributed by atoms with E-state index in [-0.39, 0.29) is 40.5 Å². The summed E-state index contributed by atoms with van der Waals surface area (Å²) in [5, 5.41) is 10.2. The quantitative estimate of drug-likeness (QED) is 0.143. The zero-order valence-corrected chi connectivity index (χ0v) is 25.0. The van der Waals surface area contributed by atoms with E-state index in [2.05, 4.69) is 29.1 Å². The van der Waals surface area contributed by atoms with Gasteiger partial charge in [0.2, 0.25) is 11.8 Å². The Morgan fingerprint density at radius 3 is 2.63 bits per heavy atom. The number of hydrogen-bond acceptors (Lipinski definition) is 6. The summed E-state index contributed by atoms with van der Waals surface area (Å²) in [4.78, 5) is 45.8. The normalized spacial score (nSPS) is 33.2. The predicted molar refractivity (Wildman–Crippen MR) is 154 cm³/mol. The number of ether oxygens (including phenoxy) is 1. The van der Waals surface area contributed by atoms with Crippen LogP contribution in [0.15, 0.2) is 25.3 Å². The predicted octanol–water partition coefficient (Wildman–Crippen LogP) is 4.47. The van der Waals surface area contributed by atoms with Crippen LogP contribution in [0.3, 0.4) is 0 Å². The van der Waals surface area contributed by atoms with Gasteiger partial charge in [-0.2, -0.15) is 0 Å². The van der Waals surface area contributed by atoms with Crippen molar-refractivity contribution in [1.82, 2.24) is 9.80 Å². The number of allylic oxidation sites excluding steroid dienone is 1. The molecule has 1 N–H and O–H groups in total. The fourth-order valence-corrected chi connectivity index (χ4v) is 10.8. The van der Waals surface area contributed by atoms with Gasteiger partial charge in [0.05, 0.1) is 35.8 Å². The van der Waals surface area contributed by atoms with Crippen LogP contribution < -0.4 is 0 Å². The second kappa shape index (κ2) is 12.9. The van der Waals surface area contributed by atoms with E-state index in [4.69, 9.17) is 4.74 Å². The molecular formula is C29H43BrN2O5S. The number of aliphatic hydroxyl groups is 1. The average molecular weight is 612 g/mol. The lowest BCUT2D eigenvalue weighted by Crippen LogP contribution is -2.59. The SMILES string of the molecule is C=CCCCCOC(=O)[C@H]1[C@@H]2SC3(CC2Br)C(C(=O)N(CC=C)C2CCCCC2)N([C@@H](CC)CO)C(=O)[C@H]13. The van der Waals surface area contributed by atoms with Gasteiger partial charge in [0.25, 0.3) is 0 Å². The molecule has 38 heavy (non-hydrogen) atoms. The molecule has 1 aliphatic carbocycles. The summed E-state index contributed by atoms with van der Waals surface area (Å²) in [5.41, 5.74) is 0. The van der Waals surface area contributed by atoms with Gasteiger partial charge in [-0.05, 0) is 44.9 Å². The molecule has 0 aromatic rings. The number of alkyl halides is 1. The Morgan fingerprint density at radius 1 is 1.26 bits per heavy atom. The number of aliphatic hydroxyl groups excluding tert-OH is 1. The van der Waals surface area contributed by atoms with Crippen molar-refractivity contribution >= 4 is 45.5 Å². The zero-order chi connectivity index (χ0) is 27.4. The van der Waals surface area contributed by atoms with Gasteiger partial charge in [-0.3, -0.25) is 14.4 Å². The van der Waals surface area contributed by atoms with E-state index in [1.54, 1.807) is 22.7 Å². The van der Waals surface area contributed by atoms with Gasteiger partial charge in [0.15, 0.2) is 0 Å². The standard InChI is InChI=1S/C29H43BrN2O5S/c1-4-7-8-12-16-37-28(36)22-23-26(34)32(19(6-3)18-33)25(29(23)17-21(30)24(22)38-29)27(35)31(15-5-2)20-13-10-9-11-14-20/h4-5,19-25,33H,1-2,6-18H2,3H3/t19-,21?,22+,23-,24+,25?,29?/m0/s1. The first kappa shape index (κ1) is 29.7. The number of hydrogen-bond donors (Lipinski definition) is 1. The number of unbranched alkanes of at least 4 members (excludes halogenated alkanes) is 2. The monoisotopic (exact) mass is 610 g/mol. The van der Waals surface area contributed by atoms with Crippen LogP contribution in [0.1, 0.15) is 71.1 Å². The maximum Gasteiger partial charge on any atom is 0.310 e.